The molecule has 6 nitrogen and oxygen atoms in total. The van der Waals surface area contributed by atoms with Crippen molar-refractivity contribution in [3.63, 3.8) is 0 Å². The highest BCUT2D eigenvalue weighted by atomic mass is 35.5. The fourth-order valence-corrected chi connectivity index (χ4v) is 3.48. The SMILES string of the molecule is COc1cccc(C(=O)O)c1OCC(=O)N(Cc1ccc(Cl)cc1)[C@H](C)c1ccccc1. The van der Waals surface area contributed by atoms with E-state index < -0.39 is 5.97 Å². The first-order valence-electron chi connectivity index (χ1n) is 10.0. The molecule has 0 heterocycles. The summed E-state index contributed by atoms with van der Waals surface area (Å²) in [6.07, 6.45) is 0. The number of carbonyl (C=O) groups excluding carboxylic acids is 1. The Bertz CT molecular complexity index is 1070. The topological polar surface area (TPSA) is 76.1 Å². The van der Waals surface area contributed by atoms with Gasteiger partial charge in [0.05, 0.1) is 13.2 Å². The van der Waals surface area contributed by atoms with E-state index >= 15 is 0 Å². The Morgan fingerprint density at radius 3 is 2.31 bits per heavy atom. The van der Waals surface area contributed by atoms with Gasteiger partial charge in [-0.05, 0) is 42.3 Å². The number of para-hydroxylation sites is 1. The fourth-order valence-electron chi connectivity index (χ4n) is 3.35. The van der Waals surface area contributed by atoms with E-state index in [0.717, 1.165) is 11.1 Å². The molecule has 3 aromatic carbocycles. The largest absolute Gasteiger partial charge is 0.493 e. The number of carboxylic acid groups (broad SMARTS) is 1. The van der Waals surface area contributed by atoms with Gasteiger partial charge in [0, 0.05) is 11.6 Å². The van der Waals surface area contributed by atoms with E-state index in [2.05, 4.69) is 0 Å². The maximum Gasteiger partial charge on any atom is 0.339 e. The monoisotopic (exact) mass is 453 g/mol. The minimum absolute atomic E-state index is 0.0228. The van der Waals surface area contributed by atoms with Gasteiger partial charge in [0.15, 0.2) is 18.1 Å². The lowest BCUT2D eigenvalue weighted by molar-refractivity contribution is -0.136. The summed E-state index contributed by atoms with van der Waals surface area (Å²) in [5.41, 5.74) is 1.81. The van der Waals surface area contributed by atoms with Crippen LogP contribution in [0.1, 0.15) is 34.5 Å². The standard InChI is InChI=1S/C25H24ClNO5/c1-17(19-7-4-3-5-8-19)27(15-18-11-13-20(26)14-12-18)23(28)16-32-24-21(25(29)30)9-6-10-22(24)31-2/h3-14,17H,15-16H2,1-2H3,(H,29,30)/t17-/m1/s1. The second-order valence-electron chi connectivity index (χ2n) is 7.17. The highest BCUT2D eigenvalue weighted by molar-refractivity contribution is 6.30. The highest BCUT2D eigenvalue weighted by Crippen LogP contribution is 2.31. The van der Waals surface area contributed by atoms with Crippen molar-refractivity contribution in [1.29, 1.82) is 0 Å². The van der Waals surface area contributed by atoms with Crippen LogP contribution < -0.4 is 9.47 Å². The molecular formula is C25H24ClNO5. The van der Waals surface area contributed by atoms with E-state index in [1.165, 1.54) is 13.2 Å². The van der Waals surface area contributed by atoms with Crippen LogP contribution in [0.15, 0.2) is 72.8 Å². The molecule has 1 N–H and O–H groups in total. The lowest BCUT2D eigenvalue weighted by Crippen LogP contribution is -2.36. The van der Waals surface area contributed by atoms with Gasteiger partial charge in [-0.1, -0.05) is 60.1 Å². The van der Waals surface area contributed by atoms with Crippen LogP contribution in [0.25, 0.3) is 0 Å². The minimum Gasteiger partial charge on any atom is -0.493 e. The van der Waals surface area contributed by atoms with Crippen molar-refractivity contribution in [2.45, 2.75) is 19.5 Å². The minimum atomic E-state index is -1.16. The molecule has 1 amide bonds. The number of methoxy groups -OCH3 is 1. The molecule has 166 valence electrons. The fraction of sp³-hybridized carbons (Fsp3) is 0.200. The first-order chi connectivity index (χ1) is 15.4. The summed E-state index contributed by atoms with van der Waals surface area (Å²) >= 11 is 6.00. The molecule has 0 bridgehead atoms. The summed E-state index contributed by atoms with van der Waals surface area (Å²) in [5, 5.41) is 10.1. The number of amides is 1. The van der Waals surface area contributed by atoms with E-state index in [0.29, 0.717) is 11.6 Å². The van der Waals surface area contributed by atoms with Crippen LogP contribution in [-0.2, 0) is 11.3 Å². The molecule has 0 saturated heterocycles. The highest BCUT2D eigenvalue weighted by Gasteiger charge is 2.24. The van der Waals surface area contributed by atoms with Gasteiger partial charge in [-0.3, -0.25) is 4.79 Å². The Kier molecular flexibility index (Phi) is 7.73. The zero-order valence-electron chi connectivity index (χ0n) is 17.8. The van der Waals surface area contributed by atoms with Gasteiger partial charge in [-0.2, -0.15) is 0 Å². The van der Waals surface area contributed by atoms with Crippen molar-refractivity contribution in [1.82, 2.24) is 4.90 Å². The zero-order valence-corrected chi connectivity index (χ0v) is 18.6. The van der Waals surface area contributed by atoms with Gasteiger partial charge in [0.2, 0.25) is 0 Å². The van der Waals surface area contributed by atoms with Gasteiger partial charge in [-0.25, -0.2) is 4.79 Å². The number of nitrogens with zero attached hydrogens (tertiary/aromatic N) is 1. The number of benzene rings is 3. The van der Waals surface area contributed by atoms with E-state index in [9.17, 15) is 14.7 Å². The maximum absolute atomic E-state index is 13.3. The summed E-state index contributed by atoms with van der Waals surface area (Å²) in [4.78, 5) is 26.5. The van der Waals surface area contributed by atoms with Crippen LogP contribution in [0.5, 0.6) is 11.5 Å². The summed E-state index contributed by atoms with van der Waals surface area (Å²) in [6, 6.07) is 21.3. The number of hydrogen-bond donors (Lipinski definition) is 1. The van der Waals surface area contributed by atoms with Gasteiger partial charge >= 0.3 is 5.97 Å². The number of carboxylic acids is 1. The molecule has 1 atom stereocenters. The van der Waals surface area contributed by atoms with E-state index in [4.69, 9.17) is 21.1 Å². The first-order valence-corrected chi connectivity index (χ1v) is 10.4. The van der Waals surface area contributed by atoms with Crippen molar-refractivity contribution >= 4 is 23.5 Å². The quantitative estimate of drug-likeness (QED) is 0.481. The normalized spacial score (nSPS) is 11.5. The predicted octanol–water partition coefficient (Wildman–Crippen LogP) is 5.22. The molecule has 0 aliphatic carbocycles. The first kappa shape index (κ1) is 23.2. The van der Waals surface area contributed by atoms with Crippen LogP contribution >= 0.6 is 11.6 Å². The number of halogens is 1. The molecular weight excluding hydrogens is 430 g/mol. The van der Waals surface area contributed by atoms with Crippen LogP contribution in [-0.4, -0.2) is 35.6 Å². The maximum atomic E-state index is 13.3. The number of ether oxygens (including phenoxy) is 2. The predicted molar refractivity (Wildman–Crippen MR) is 122 cm³/mol. The molecule has 0 unspecified atom stereocenters. The van der Waals surface area contributed by atoms with Gasteiger partial charge in [-0.15, -0.1) is 0 Å². The Morgan fingerprint density at radius 1 is 1.00 bits per heavy atom. The van der Waals surface area contributed by atoms with Gasteiger partial charge in [0.1, 0.15) is 5.56 Å². The van der Waals surface area contributed by atoms with E-state index in [1.54, 1.807) is 29.2 Å². The molecule has 3 rings (SSSR count). The van der Waals surface area contributed by atoms with Crippen molar-refractivity contribution in [2.24, 2.45) is 0 Å². The third kappa shape index (κ3) is 5.59. The van der Waals surface area contributed by atoms with Crippen LogP contribution in [0.2, 0.25) is 5.02 Å². The van der Waals surface area contributed by atoms with Crippen LogP contribution in [0.3, 0.4) is 0 Å². The summed E-state index contributed by atoms with van der Waals surface area (Å²) in [7, 11) is 1.42. The van der Waals surface area contributed by atoms with Gasteiger partial charge < -0.3 is 19.5 Å². The Labute approximate surface area is 192 Å². The third-order valence-electron chi connectivity index (χ3n) is 5.11. The third-order valence-corrected chi connectivity index (χ3v) is 5.36. The molecule has 0 saturated carbocycles. The Balaban J connectivity index is 1.85. The number of aromatic carboxylic acids is 1. The number of carbonyl (C=O) groups is 2. The average Bonchev–Trinajstić information content (AvgIpc) is 2.81. The summed E-state index contributed by atoms with van der Waals surface area (Å²) < 4.78 is 10.9. The lowest BCUT2D eigenvalue weighted by Gasteiger charge is -2.30. The molecule has 0 spiro atoms. The molecule has 7 heteroatoms. The summed E-state index contributed by atoms with van der Waals surface area (Å²) in [6.45, 7) is 1.94. The van der Waals surface area contributed by atoms with E-state index in [-0.39, 0.29) is 35.6 Å². The van der Waals surface area contributed by atoms with Crippen molar-refractivity contribution in [3.05, 3.63) is 94.5 Å². The number of rotatable bonds is 9. The molecule has 0 fully saturated rings. The molecule has 0 aromatic heterocycles. The Hall–Kier alpha value is -3.51. The van der Waals surface area contributed by atoms with Crippen molar-refractivity contribution in [2.75, 3.05) is 13.7 Å². The second-order valence-corrected chi connectivity index (χ2v) is 7.60. The molecule has 32 heavy (non-hydrogen) atoms. The summed E-state index contributed by atoms with van der Waals surface area (Å²) in [5.74, 6) is -1.19. The van der Waals surface area contributed by atoms with Crippen molar-refractivity contribution < 1.29 is 24.2 Å². The van der Waals surface area contributed by atoms with Crippen LogP contribution in [0.4, 0.5) is 0 Å². The van der Waals surface area contributed by atoms with E-state index in [1.807, 2.05) is 49.4 Å². The molecule has 0 aliphatic heterocycles. The Morgan fingerprint density at radius 2 is 1.69 bits per heavy atom. The number of hydrogen-bond acceptors (Lipinski definition) is 4. The smallest absolute Gasteiger partial charge is 0.339 e. The second kappa shape index (κ2) is 10.7. The molecule has 0 aliphatic rings. The molecule has 0 radical (unpaired) electrons. The lowest BCUT2D eigenvalue weighted by atomic mass is 10.1. The van der Waals surface area contributed by atoms with Crippen LogP contribution in [0, 0.1) is 0 Å². The van der Waals surface area contributed by atoms with Crippen molar-refractivity contribution in [3.8, 4) is 11.5 Å². The average molecular weight is 454 g/mol. The zero-order chi connectivity index (χ0) is 23.1. The molecule has 3 aromatic rings. The van der Waals surface area contributed by atoms with Gasteiger partial charge in [0.25, 0.3) is 5.91 Å².